The smallest absolute Gasteiger partial charge is 0.222 e. The summed E-state index contributed by atoms with van der Waals surface area (Å²) in [5.41, 5.74) is 7.99. The second-order valence-electron chi connectivity index (χ2n) is 5.06. The molecule has 0 heterocycles. The maximum absolute atomic E-state index is 12.0. The Labute approximate surface area is 110 Å². The van der Waals surface area contributed by atoms with Gasteiger partial charge in [0.15, 0.2) is 0 Å². The third-order valence-electron chi connectivity index (χ3n) is 3.35. The largest absolute Gasteiger partial charge is 0.341 e. The normalized spacial score (nSPS) is 12.2. The molecule has 18 heavy (non-hydrogen) atoms. The number of hydrogen-bond donors (Lipinski definition) is 1. The van der Waals surface area contributed by atoms with Crippen LogP contribution in [0, 0.1) is 12.8 Å². The zero-order chi connectivity index (χ0) is 13.5. The fourth-order valence-corrected chi connectivity index (χ4v) is 1.81. The number of benzene rings is 1. The topological polar surface area (TPSA) is 46.3 Å². The van der Waals surface area contributed by atoms with Crippen LogP contribution in [0.25, 0.3) is 0 Å². The van der Waals surface area contributed by atoms with E-state index in [9.17, 15) is 4.79 Å². The molecule has 0 radical (unpaired) electrons. The Bertz CT molecular complexity index is 390. The second kappa shape index (κ2) is 7.17. The van der Waals surface area contributed by atoms with Crippen molar-refractivity contribution in [2.45, 2.75) is 33.2 Å². The summed E-state index contributed by atoms with van der Waals surface area (Å²) in [6, 6.07) is 8.17. The Hall–Kier alpha value is -1.35. The molecule has 100 valence electrons. The fourth-order valence-electron chi connectivity index (χ4n) is 1.81. The predicted molar refractivity (Wildman–Crippen MR) is 75.1 cm³/mol. The molecule has 1 aromatic rings. The minimum Gasteiger partial charge on any atom is -0.341 e. The van der Waals surface area contributed by atoms with E-state index in [4.69, 9.17) is 5.73 Å². The number of nitrogens with two attached hydrogens (primary N) is 1. The molecule has 1 aromatic carbocycles. The zero-order valence-corrected chi connectivity index (χ0v) is 11.6. The third-order valence-corrected chi connectivity index (χ3v) is 3.35. The van der Waals surface area contributed by atoms with Crippen molar-refractivity contribution in [1.82, 2.24) is 4.90 Å². The Morgan fingerprint density at radius 3 is 2.67 bits per heavy atom. The van der Waals surface area contributed by atoms with Crippen molar-refractivity contribution in [3.8, 4) is 0 Å². The number of carbonyl (C=O) groups excluding carboxylic acids is 1. The van der Waals surface area contributed by atoms with E-state index in [0.717, 1.165) is 6.42 Å². The van der Waals surface area contributed by atoms with E-state index in [-0.39, 0.29) is 5.91 Å². The first-order valence-corrected chi connectivity index (χ1v) is 6.53. The highest BCUT2D eigenvalue weighted by Gasteiger charge is 2.11. The van der Waals surface area contributed by atoms with Crippen LogP contribution in [0.15, 0.2) is 24.3 Å². The van der Waals surface area contributed by atoms with Gasteiger partial charge in [-0.15, -0.1) is 0 Å². The van der Waals surface area contributed by atoms with Crippen molar-refractivity contribution in [2.75, 3.05) is 13.6 Å². The molecule has 1 rings (SSSR count). The Morgan fingerprint density at radius 1 is 1.39 bits per heavy atom. The summed E-state index contributed by atoms with van der Waals surface area (Å²) in [6.07, 6.45) is 1.45. The number of amides is 1. The van der Waals surface area contributed by atoms with Crippen LogP contribution in [0.2, 0.25) is 0 Å². The molecule has 2 N–H and O–H groups in total. The van der Waals surface area contributed by atoms with E-state index < -0.39 is 0 Å². The van der Waals surface area contributed by atoms with Crippen molar-refractivity contribution in [1.29, 1.82) is 0 Å². The fraction of sp³-hybridized carbons (Fsp3) is 0.533. The van der Waals surface area contributed by atoms with Crippen LogP contribution < -0.4 is 5.73 Å². The van der Waals surface area contributed by atoms with Gasteiger partial charge in [0.2, 0.25) is 5.91 Å². The van der Waals surface area contributed by atoms with Crippen LogP contribution in [0.1, 0.15) is 30.9 Å². The Balaban J connectivity index is 2.47. The molecule has 3 nitrogen and oxygen atoms in total. The molecule has 0 aliphatic rings. The van der Waals surface area contributed by atoms with Gasteiger partial charge in [-0.25, -0.2) is 0 Å². The summed E-state index contributed by atoms with van der Waals surface area (Å²) in [6.45, 7) is 5.48. The molecular formula is C15H24N2O. The lowest BCUT2D eigenvalue weighted by atomic mass is 10.1. The molecule has 0 aliphatic heterocycles. The predicted octanol–water partition coefficient (Wildman–Crippen LogP) is 2.33. The van der Waals surface area contributed by atoms with Gasteiger partial charge < -0.3 is 10.6 Å². The molecule has 0 saturated heterocycles. The van der Waals surface area contributed by atoms with Crippen LogP contribution in [-0.2, 0) is 11.3 Å². The van der Waals surface area contributed by atoms with Crippen LogP contribution >= 0.6 is 0 Å². The van der Waals surface area contributed by atoms with E-state index in [0.29, 0.717) is 25.4 Å². The van der Waals surface area contributed by atoms with Crippen molar-refractivity contribution in [2.24, 2.45) is 11.7 Å². The van der Waals surface area contributed by atoms with Gasteiger partial charge in [-0.05, 0) is 36.9 Å². The van der Waals surface area contributed by atoms with Gasteiger partial charge in [-0.3, -0.25) is 4.79 Å². The molecule has 1 amide bonds. The summed E-state index contributed by atoms with van der Waals surface area (Å²) >= 11 is 0. The molecule has 0 aromatic heterocycles. The summed E-state index contributed by atoms with van der Waals surface area (Å²) in [7, 11) is 1.86. The quantitative estimate of drug-likeness (QED) is 0.840. The lowest BCUT2D eigenvalue weighted by Gasteiger charge is -2.19. The third kappa shape index (κ3) is 4.49. The summed E-state index contributed by atoms with van der Waals surface area (Å²) in [4.78, 5) is 13.8. The maximum Gasteiger partial charge on any atom is 0.222 e. The van der Waals surface area contributed by atoms with Crippen LogP contribution in [0.4, 0.5) is 0 Å². The Kier molecular flexibility index (Phi) is 5.86. The van der Waals surface area contributed by atoms with Crippen molar-refractivity contribution in [3.05, 3.63) is 35.4 Å². The number of carbonyl (C=O) groups is 1. The molecule has 0 bridgehead atoms. The molecule has 0 aliphatic carbocycles. The first-order valence-electron chi connectivity index (χ1n) is 6.53. The van der Waals surface area contributed by atoms with Crippen LogP contribution in [-0.4, -0.2) is 24.4 Å². The van der Waals surface area contributed by atoms with Crippen molar-refractivity contribution >= 4 is 5.91 Å². The number of nitrogens with zero attached hydrogens (tertiary/aromatic N) is 1. The molecule has 3 heteroatoms. The minimum atomic E-state index is 0.193. The van der Waals surface area contributed by atoms with Gasteiger partial charge in [0, 0.05) is 20.0 Å². The maximum atomic E-state index is 12.0. The van der Waals surface area contributed by atoms with E-state index in [2.05, 4.69) is 26.0 Å². The first-order chi connectivity index (χ1) is 8.54. The average Bonchev–Trinajstić information content (AvgIpc) is 2.38. The number of hydrogen-bond acceptors (Lipinski definition) is 2. The van der Waals surface area contributed by atoms with E-state index in [1.54, 1.807) is 4.90 Å². The van der Waals surface area contributed by atoms with Crippen LogP contribution in [0.3, 0.4) is 0 Å². The summed E-state index contributed by atoms with van der Waals surface area (Å²) in [5.74, 6) is 0.611. The minimum absolute atomic E-state index is 0.193. The average molecular weight is 248 g/mol. The molecule has 0 saturated carbocycles. The second-order valence-corrected chi connectivity index (χ2v) is 5.06. The lowest BCUT2D eigenvalue weighted by molar-refractivity contribution is -0.130. The van der Waals surface area contributed by atoms with Gasteiger partial charge in [0.05, 0.1) is 0 Å². The standard InChI is InChI=1S/C15H24N2O/c1-12(10-16)8-9-15(18)17(3)11-14-7-5-4-6-13(14)2/h4-7,12H,8-11,16H2,1-3H3. The molecule has 0 fully saturated rings. The van der Waals surface area contributed by atoms with Gasteiger partial charge in [-0.1, -0.05) is 31.2 Å². The zero-order valence-electron chi connectivity index (χ0n) is 11.6. The SMILES string of the molecule is Cc1ccccc1CN(C)C(=O)CCC(C)CN. The van der Waals surface area contributed by atoms with Gasteiger partial charge in [0.25, 0.3) is 0 Å². The Morgan fingerprint density at radius 2 is 2.06 bits per heavy atom. The summed E-state index contributed by atoms with van der Waals surface area (Å²) in [5, 5.41) is 0. The molecule has 1 unspecified atom stereocenters. The van der Waals surface area contributed by atoms with Gasteiger partial charge in [-0.2, -0.15) is 0 Å². The highest BCUT2D eigenvalue weighted by atomic mass is 16.2. The monoisotopic (exact) mass is 248 g/mol. The number of rotatable bonds is 6. The summed E-state index contributed by atoms with van der Waals surface area (Å²) < 4.78 is 0. The van der Waals surface area contributed by atoms with E-state index in [1.165, 1.54) is 11.1 Å². The highest BCUT2D eigenvalue weighted by molar-refractivity contribution is 5.75. The van der Waals surface area contributed by atoms with Crippen molar-refractivity contribution in [3.63, 3.8) is 0 Å². The highest BCUT2D eigenvalue weighted by Crippen LogP contribution is 2.11. The van der Waals surface area contributed by atoms with Crippen molar-refractivity contribution < 1.29 is 4.79 Å². The first kappa shape index (κ1) is 14.7. The number of aryl methyl sites for hydroxylation is 1. The van der Waals surface area contributed by atoms with E-state index in [1.807, 2.05) is 19.2 Å². The molecular weight excluding hydrogens is 224 g/mol. The van der Waals surface area contributed by atoms with Crippen LogP contribution in [0.5, 0.6) is 0 Å². The van der Waals surface area contributed by atoms with Gasteiger partial charge >= 0.3 is 0 Å². The molecule has 1 atom stereocenters. The van der Waals surface area contributed by atoms with E-state index >= 15 is 0 Å². The lowest BCUT2D eigenvalue weighted by Crippen LogP contribution is -2.27. The van der Waals surface area contributed by atoms with Gasteiger partial charge in [0.1, 0.15) is 0 Å². The molecule has 0 spiro atoms.